The molecule has 1 aliphatic rings. The minimum absolute atomic E-state index is 0.439. The number of nitrogens with zero attached hydrogens (tertiary/aromatic N) is 4. The van der Waals surface area contributed by atoms with Gasteiger partial charge in [-0.1, -0.05) is 28.9 Å². The van der Waals surface area contributed by atoms with Crippen LogP contribution in [0.3, 0.4) is 0 Å². The van der Waals surface area contributed by atoms with Crippen LogP contribution in [0, 0.1) is 0 Å². The molecule has 1 fully saturated rings. The SMILES string of the molecule is CCNC(=NCCc1nc(-c2cccc(Cl)c2)no1)NC1CCN(CCCOC)CC1. The largest absolute Gasteiger partial charge is 0.385 e. The monoisotopic (exact) mass is 448 g/mol. The van der Waals surface area contributed by atoms with Crippen LogP contribution in [-0.4, -0.2) is 73.5 Å². The van der Waals surface area contributed by atoms with Crippen molar-refractivity contribution < 1.29 is 9.26 Å². The molecule has 1 saturated heterocycles. The van der Waals surface area contributed by atoms with Crippen LogP contribution in [0.1, 0.15) is 32.1 Å². The molecule has 3 rings (SSSR count). The van der Waals surface area contributed by atoms with Gasteiger partial charge in [0, 0.05) is 62.9 Å². The molecule has 0 unspecified atom stereocenters. The Kier molecular flexibility index (Phi) is 9.58. The molecule has 2 N–H and O–H groups in total. The highest BCUT2D eigenvalue weighted by Gasteiger charge is 2.19. The molecule has 170 valence electrons. The van der Waals surface area contributed by atoms with E-state index < -0.39 is 0 Å². The van der Waals surface area contributed by atoms with Crippen LogP contribution in [0.5, 0.6) is 0 Å². The number of hydrogen-bond donors (Lipinski definition) is 2. The van der Waals surface area contributed by atoms with Crippen molar-refractivity contribution in [3.63, 3.8) is 0 Å². The van der Waals surface area contributed by atoms with Gasteiger partial charge in [0.2, 0.25) is 11.7 Å². The molecule has 8 nitrogen and oxygen atoms in total. The van der Waals surface area contributed by atoms with Crippen LogP contribution in [0.25, 0.3) is 11.4 Å². The number of aliphatic imine (C=N–C) groups is 1. The summed E-state index contributed by atoms with van der Waals surface area (Å²) < 4.78 is 10.5. The van der Waals surface area contributed by atoms with Crippen molar-refractivity contribution in [1.29, 1.82) is 0 Å². The van der Waals surface area contributed by atoms with Gasteiger partial charge in [-0.05, 0) is 38.3 Å². The van der Waals surface area contributed by atoms with E-state index in [1.165, 1.54) is 0 Å². The van der Waals surface area contributed by atoms with Gasteiger partial charge in [-0.2, -0.15) is 4.98 Å². The third-order valence-electron chi connectivity index (χ3n) is 5.24. The van der Waals surface area contributed by atoms with E-state index in [1.807, 2.05) is 24.3 Å². The van der Waals surface area contributed by atoms with Crippen LogP contribution in [-0.2, 0) is 11.2 Å². The molecule has 1 aliphatic heterocycles. The molecule has 0 spiro atoms. The van der Waals surface area contributed by atoms with E-state index in [1.54, 1.807) is 7.11 Å². The fraction of sp³-hybridized carbons (Fsp3) is 0.591. The van der Waals surface area contributed by atoms with Gasteiger partial charge in [-0.3, -0.25) is 4.99 Å². The van der Waals surface area contributed by atoms with Crippen LogP contribution in [0.4, 0.5) is 0 Å². The number of piperidine rings is 1. The number of guanidine groups is 1. The summed E-state index contributed by atoms with van der Waals surface area (Å²) in [6.45, 7) is 7.62. The summed E-state index contributed by atoms with van der Waals surface area (Å²) in [5, 5.41) is 11.6. The Balaban J connectivity index is 1.46. The van der Waals surface area contributed by atoms with Crippen LogP contribution in [0.15, 0.2) is 33.8 Å². The Morgan fingerprint density at radius 1 is 1.35 bits per heavy atom. The lowest BCUT2D eigenvalue weighted by Gasteiger charge is -2.33. The molecule has 2 heterocycles. The molecule has 0 aliphatic carbocycles. The average molecular weight is 449 g/mol. The zero-order valence-corrected chi connectivity index (χ0v) is 19.2. The maximum atomic E-state index is 6.04. The highest BCUT2D eigenvalue weighted by atomic mass is 35.5. The molecule has 0 radical (unpaired) electrons. The summed E-state index contributed by atoms with van der Waals surface area (Å²) in [6.07, 6.45) is 3.91. The third kappa shape index (κ3) is 7.79. The second-order valence-corrected chi connectivity index (χ2v) is 8.08. The Hall–Kier alpha value is -2.16. The highest BCUT2D eigenvalue weighted by molar-refractivity contribution is 6.30. The van der Waals surface area contributed by atoms with Crippen molar-refractivity contribution in [2.75, 3.05) is 46.4 Å². The number of aromatic nitrogens is 2. The number of benzene rings is 1. The van der Waals surface area contributed by atoms with Crippen molar-refractivity contribution in [3.8, 4) is 11.4 Å². The van der Waals surface area contributed by atoms with Gasteiger partial charge >= 0.3 is 0 Å². The predicted octanol–water partition coefficient (Wildman–Crippen LogP) is 2.99. The summed E-state index contributed by atoms with van der Waals surface area (Å²) in [5.41, 5.74) is 0.842. The van der Waals surface area contributed by atoms with Crippen molar-refractivity contribution >= 4 is 17.6 Å². The Labute approximate surface area is 189 Å². The van der Waals surface area contributed by atoms with Gasteiger partial charge < -0.3 is 24.8 Å². The summed E-state index contributed by atoms with van der Waals surface area (Å²) in [5.74, 6) is 1.96. The first kappa shape index (κ1) is 23.5. The molecular formula is C22H33ClN6O2. The van der Waals surface area contributed by atoms with E-state index in [0.717, 1.165) is 63.6 Å². The molecule has 1 aromatic carbocycles. The topological polar surface area (TPSA) is 87.8 Å². The molecule has 0 atom stereocenters. The Morgan fingerprint density at radius 2 is 2.19 bits per heavy atom. The van der Waals surface area contributed by atoms with Gasteiger partial charge in [0.05, 0.1) is 6.54 Å². The normalized spacial score (nSPS) is 15.9. The standard InChI is InChI=1S/C22H33ClN6O2/c1-3-24-22(26-19-9-13-29(14-10-19)12-5-15-30-2)25-11-8-20-27-21(28-31-20)17-6-4-7-18(23)16-17/h4,6-7,16,19H,3,5,8-15H2,1-2H3,(H2,24,25,26). The van der Waals surface area contributed by atoms with Crippen LogP contribution >= 0.6 is 11.6 Å². The third-order valence-corrected chi connectivity index (χ3v) is 5.48. The van der Waals surface area contributed by atoms with Gasteiger partial charge in [-0.25, -0.2) is 0 Å². The first-order valence-electron chi connectivity index (χ1n) is 11.0. The number of likely N-dealkylation sites (tertiary alicyclic amines) is 1. The molecule has 1 aromatic heterocycles. The second kappa shape index (κ2) is 12.6. The Morgan fingerprint density at radius 3 is 2.94 bits per heavy atom. The molecule has 2 aromatic rings. The fourth-order valence-corrected chi connectivity index (χ4v) is 3.80. The van der Waals surface area contributed by atoms with Crippen molar-refractivity contribution in [1.82, 2.24) is 25.7 Å². The first-order valence-corrected chi connectivity index (χ1v) is 11.4. The lowest BCUT2D eigenvalue weighted by molar-refractivity contribution is 0.155. The minimum atomic E-state index is 0.439. The number of methoxy groups -OCH3 is 1. The highest BCUT2D eigenvalue weighted by Crippen LogP contribution is 2.20. The van der Waals surface area contributed by atoms with E-state index in [9.17, 15) is 0 Å². The molecule has 0 amide bonds. The van der Waals surface area contributed by atoms with E-state index >= 15 is 0 Å². The summed E-state index contributed by atoms with van der Waals surface area (Å²) >= 11 is 6.04. The number of ether oxygens (including phenoxy) is 1. The van der Waals surface area contributed by atoms with Crippen molar-refractivity contribution in [3.05, 3.63) is 35.2 Å². The zero-order chi connectivity index (χ0) is 21.9. The Bertz CT molecular complexity index is 820. The molecule has 0 saturated carbocycles. The zero-order valence-electron chi connectivity index (χ0n) is 18.4. The van der Waals surface area contributed by atoms with E-state index in [0.29, 0.717) is 35.7 Å². The maximum absolute atomic E-state index is 6.04. The summed E-state index contributed by atoms with van der Waals surface area (Å²) in [6, 6.07) is 7.87. The van der Waals surface area contributed by atoms with Gasteiger partial charge in [0.25, 0.3) is 0 Å². The van der Waals surface area contributed by atoms with Crippen LogP contribution in [0.2, 0.25) is 5.02 Å². The maximum Gasteiger partial charge on any atom is 0.228 e. The smallest absolute Gasteiger partial charge is 0.228 e. The lowest BCUT2D eigenvalue weighted by atomic mass is 10.1. The fourth-order valence-electron chi connectivity index (χ4n) is 3.61. The average Bonchev–Trinajstić information content (AvgIpc) is 3.24. The van der Waals surface area contributed by atoms with E-state index in [-0.39, 0.29) is 0 Å². The lowest BCUT2D eigenvalue weighted by Crippen LogP contribution is -2.49. The molecule has 0 bridgehead atoms. The van der Waals surface area contributed by atoms with Gasteiger partial charge in [0.15, 0.2) is 5.96 Å². The second-order valence-electron chi connectivity index (χ2n) is 7.64. The van der Waals surface area contributed by atoms with E-state index in [4.69, 9.17) is 25.9 Å². The minimum Gasteiger partial charge on any atom is -0.385 e. The van der Waals surface area contributed by atoms with Gasteiger partial charge in [-0.15, -0.1) is 0 Å². The van der Waals surface area contributed by atoms with Crippen LogP contribution < -0.4 is 10.6 Å². The van der Waals surface area contributed by atoms with Gasteiger partial charge in [0.1, 0.15) is 0 Å². The summed E-state index contributed by atoms with van der Waals surface area (Å²) in [7, 11) is 1.76. The number of hydrogen-bond acceptors (Lipinski definition) is 6. The quantitative estimate of drug-likeness (QED) is 0.328. The number of halogens is 1. The first-order chi connectivity index (χ1) is 15.2. The summed E-state index contributed by atoms with van der Waals surface area (Å²) in [4.78, 5) is 11.7. The van der Waals surface area contributed by atoms with Crippen molar-refractivity contribution in [2.45, 2.75) is 38.6 Å². The number of rotatable bonds is 10. The number of nitrogens with one attached hydrogen (secondary N) is 2. The predicted molar refractivity (Wildman–Crippen MR) is 124 cm³/mol. The van der Waals surface area contributed by atoms with Crippen molar-refractivity contribution in [2.24, 2.45) is 4.99 Å². The van der Waals surface area contributed by atoms with E-state index in [2.05, 4.69) is 32.6 Å². The molecule has 31 heavy (non-hydrogen) atoms. The molecular weight excluding hydrogens is 416 g/mol. The molecule has 9 heteroatoms.